The number of nitrogens with zero attached hydrogens (tertiary/aromatic N) is 1. The van der Waals surface area contributed by atoms with Gasteiger partial charge in [0.1, 0.15) is 16.4 Å². The fourth-order valence-corrected chi connectivity index (χ4v) is 5.24. The maximum absolute atomic E-state index is 13.2. The number of carbonyl (C=O) groups is 1. The predicted molar refractivity (Wildman–Crippen MR) is 111 cm³/mol. The van der Waals surface area contributed by atoms with Gasteiger partial charge >= 0.3 is 5.97 Å². The van der Waals surface area contributed by atoms with Gasteiger partial charge in [-0.3, -0.25) is 0 Å². The van der Waals surface area contributed by atoms with Gasteiger partial charge in [-0.25, -0.2) is 13.2 Å². The average molecular weight is 438 g/mol. The summed E-state index contributed by atoms with van der Waals surface area (Å²) in [5.74, 6) is -0.0778. The molecule has 29 heavy (non-hydrogen) atoms. The first kappa shape index (κ1) is 21.6. The number of aryl methyl sites for hydroxylation is 1. The van der Waals surface area contributed by atoms with E-state index in [2.05, 4.69) is 0 Å². The molecule has 0 unspecified atom stereocenters. The highest BCUT2D eigenvalue weighted by Gasteiger charge is 2.29. The lowest BCUT2D eigenvalue weighted by Gasteiger charge is -2.21. The Kier molecular flexibility index (Phi) is 6.82. The molecule has 156 valence electrons. The number of benzene rings is 2. The summed E-state index contributed by atoms with van der Waals surface area (Å²) >= 11 is 5.93. The van der Waals surface area contributed by atoms with E-state index in [1.165, 1.54) is 29.6 Å². The van der Waals surface area contributed by atoms with Gasteiger partial charge in [-0.15, -0.1) is 0 Å². The number of sulfonamides is 1. The Labute approximate surface area is 176 Å². The van der Waals surface area contributed by atoms with Crippen molar-refractivity contribution in [3.63, 3.8) is 0 Å². The van der Waals surface area contributed by atoms with E-state index in [1.807, 2.05) is 0 Å². The van der Waals surface area contributed by atoms with Crippen molar-refractivity contribution in [2.24, 2.45) is 0 Å². The molecule has 0 aliphatic carbocycles. The van der Waals surface area contributed by atoms with E-state index in [4.69, 9.17) is 21.1 Å². The van der Waals surface area contributed by atoms with Crippen molar-refractivity contribution in [3.05, 3.63) is 52.5 Å². The van der Waals surface area contributed by atoms with Crippen molar-refractivity contribution < 1.29 is 22.7 Å². The molecular formula is C21H24ClNO5S. The van der Waals surface area contributed by atoms with Gasteiger partial charge in [-0.1, -0.05) is 24.4 Å². The van der Waals surface area contributed by atoms with Crippen molar-refractivity contribution in [1.82, 2.24) is 4.31 Å². The van der Waals surface area contributed by atoms with Crippen molar-refractivity contribution in [2.45, 2.75) is 37.5 Å². The van der Waals surface area contributed by atoms with Crippen LogP contribution in [0.15, 0.2) is 41.3 Å². The Morgan fingerprint density at radius 2 is 1.66 bits per heavy atom. The maximum Gasteiger partial charge on any atom is 0.343 e. The number of halogens is 1. The zero-order valence-electron chi connectivity index (χ0n) is 16.5. The Bertz CT molecular complexity index is 998. The van der Waals surface area contributed by atoms with E-state index in [-0.39, 0.29) is 16.2 Å². The smallest absolute Gasteiger partial charge is 0.343 e. The summed E-state index contributed by atoms with van der Waals surface area (Å²) in [4.78, 5) is 12.6. The SMILES string of the molecule is COc1ccc(C(=O)Oc2ccc(Cl)cc2C)cc1S(=O)(=O)N1CCCCCC1. The standard InChI is InChI=1S/C21H24ClNO5S/c1-15-13-17(22)8-10-18(15)28-21(24)16-7-9-19(27-2)20(14-16)29(25,26)23-11-5-3-4-6-12-23/h7-10,13-14H,3-6,11-12H2,1-2H3. The molecule has 0 amide bonds. The molecule has 2 aromatic rings. The molecule has 0 N–H and O–H groups in total. The Hall–Kier alpha value is -2.09. The van der Waals surface area contributed by atoms with Gasteiger partial charge < -0.3 is 9.47 Å². The van der Waals surface area contributed by atoms with Crippen LogP contribution in [-0.4, -0.2) is 38.9 Å². The van der Waals surface area contributed by atoms with E-state index < -0.39 is 16.0 Å². The summed E-state index contributed by atoms with van der Waals surface area (Å²) in [5, 5.41) is 0.539. The average Bonchev–Trinajstić information content (AvgIpc) is 2.99. The number of esters is 1. The highest BCUT2D eigenvalue weighted by molar-refractivity contribution is 7.89. The first-order chi connectivity index (χ1) is 13.8. The normalized spacial score (nSPS) is 15.6. The molecule has 1 fully saturated rings. The van der Waals surface area contributed by atoms with Crippen LogP contribution < -0.4 is 9.47 Å². The van der Waals surface area contributed by atoms with E-state index >= 15 is 0 Å². The van der Waals surface area contributed by atoms with E-state index in [0.717, 1.165) is 25.7 Å². The Morgan fingerprint density at radius 3 is 2.28 bits per heavy atom. The van der Waals surface area contributed by atoms with Crippen LogP contribution in [0.4, 0.5) is 0 Å². The van der Waals surface area contributed by atoms with Gasteiger partial charge in [0.25, 0.3) is 0 Å². The summed E-state index contributed by atoms with van der Waals surface area (Å²) in [6.07, 6.45) is 3.66. The van der Waals surface area contributed by atoms with Gasteiger partial charge in [-0.05, 0) is 61.7 Å². The highest BCUT2D eigenvalue weighted by atomic mass is 35.5. The Balaban J connectivity index is 1.92. The van der Waals surface area contributed by atoms with Crippen LogP contribution in [0.2, 0.25) is 5.02 Å². The third-order valence-corrected chi connectivity index (χ3v) is 7.08. The van der Waals surface area contributed by atoms with Crippen molar-refractivity contribution in [1.29, 1.82) is 0 Å². The van der Waals surface area contributed by atoms with E-state index in [0.29, 0.717) is 29.4 Å². The molecule has 1 aliphatic rings. The van der Waals surface area contributed by atoms with Crippen LogP contribution in [0.1, 0.15) is 41.6 Å². The fourth-order valence-electron chi connectivity index (χ4n) is 3.31. The zero-order valence-corrected chi connectivity index (χ0v) is 18.1. The number of hydrogen-bond donors (Lipinski definition) is 0. The van der Waals surface area contributed by atoms with Crippen LogP contribution in [0, 0.1) is 6.92 Å². The van der Waals surface area contributed by atoms with Crippen molar-refractivity contribution in [2.75, 3.05) is 20.2 Å². The summed E-state index contributed by atoms with van der Waals surface area (Å²) in [5.41, 5.74) is 0.838. The minimum Gasteiger partial charge on any atom is -0.495 e. The predicted octanol–water partition coefficient (Wildman–Crippen LogP) is 4.44. The maximum atomic E-state index is 13.2. The highest BCUT2D eigenvalue weighted by Crippen LogP contribution is 2.30. The van der Waals surface area contributed by atoms with Crippen molar-refractivity contribution in [3.8, 4) is 11.5 Å². The van der Waals surface area contributed by atoms with E-state index in [1.54, 1.807) is 25.1 Å². The second-order valence-corrected chi connectivity index (χ2v) is 9.33. The summed E-state index contributed by atoms with van der Waals surface area (Å²) in [7, 11) is -2.38. The molecule has 3 rings (SSSR count). The van der Waals surface area contributed by atoms with Gasteiger partial charge in [0.2, 0.25) is 10.0 Å². The molecule has 1 aliphatic heterocycles. The molecular weight excluding hydrogens is 414 g/mol. The third kappa shape index (κ3) is 4.91. The quantitative estimate of drug-likeness (QED) is 0.510. The molecule has 0 atom stereocenters. The lowest BCUT2D eigenvalue weighted by atomic mass is 10.2. The molecule has 1 saturated heterocycles. The number of methoxy groups -OCH3 is 1. The largest absolute Gasteiger partial charge is 0.495 e. The number of hydrogen-bond acceptors (Lipinski definition) is 5. The Morgan fingerprint density at radius 1 is 1.00 bits per heavy atom. The number of rotatable bonds is 5. The van der Waals surface area contributed by atoms with Gasteiger partial charge in [0.05, 0.1) is 12.7 Å². The lowest BCUT2D eigenvalue weighted by molar-refractivity contribution is 0.0733. The molecule has 0 bridgehead atoms. The number of ether oxygens (including phenoxy) is 2. The molecule has 0 aromatic heterocycles. The second-order valence-electron chi connectivity index (χ2n) is 6.98. The molecule has 0 spiro atoms. The molecule has 2 aromatic carbocycles. The minimum atomic E-state index is -3.79. The van der Waals surface area contributed by atoms with Gasteiger partial charge in [0.15, 0.2) is 0 Å². The van der Waals surface area contributed by atoms with Crippen molar-refractivity contribution >= 4 is 27.6 Å². The molecule has 8 heteroatoms. The zero-order chi connectivity index (χ0) is 21.0. The summed E-state index contributed by atoms with van der Waals surface area (Å²) < 4.78 is 38.6. The first-order valence-corrected chi connectivity index (χ1v) is 11.3. The molecule has 1 heterocycles. The van der Waals surface area contributed by atoms with Crippen LogP contribution in [-0.2, 0) is 10.0 Å². The molecule has 0 radical (unpaired) electrons. The first-order valence-electron chi connectivity index (χ1n) is 9.49. The van der Waals surface area contributed by atoms with Gasteiger partial charge in [-0.2, -0.15) is 4.31 Å². The van der Waals surface area contributed by atoms with Crippen LogP contribution >= 0.6 is 11.6 Å². The summed E-state index contributed by atoms with van der Waals surface area (Å²) in [6, 6.07) is 9.22. The number of carbonyl (C=O) groups excluding carboxylic acids is 1. The molecule has 6 nitrogen and oxygen atoms in total. The van der Waals surface area contributed by atoms with Gasteiger partial charge in [0, 0.05) is 18.1 Å². The lowest BCUT2D eigenvalue weighted by Crippen LogP contribution is -2.32. The molecule has 0 saturated carbocycles. The van der Waals surface area contributed by atoms with Crippen LogP contribution in [0.25, 0.3) is 0 Å². The third-order valence-electron chi connectivity index (χ3n) is 4.92. The second kappa shape index (κ2) is 9.15. The van der Waals surface area contributed by atoms with E-state index in [9.17, 15) is 13.2 Å². The van der Waals surface area contributed by atoms with Crippen LogP contribution in [0.3, 0.4) is 0 Å². The topological polar surface area (TPSA) is 72.9 Å². The monoisotopic (exact) mass is 437 g/mol. The fraction of sp³-hybridized carbons (Fsp3) is 0.381. The summed E-state index contributed by atoms with van der Waals surface area (Å²) in [6.45, 7) is 2.70. The van der Waals surface area contributed by atoms with Crippen LogP contribution in [0.5, 0.6) is 11.5 Å². The minimum absolute atomic E-state index is 0.0239.